The van der Waals surface area contributed by atoms with Crippen LogP contribution in [0.4, 0.5) is 0 Å². The van der Waals surface area contributed by atoms with Crippen LogP contribution in [0.1, 0.15) is 52.6 Å². The molecule has 120 valence electrons. The van der Waals surface area contributed by atoms with E-state index in [1.165, 1.54) is 0 Å². The Labute approximate surface area is 129 Å². The third-order valence-corrected chi connectivity index (χ3v) is 5.61. The monoisotopic (exact) mass is 312 g/mol. The minimum Gasteiger partial charge on any atom is -0.310 e. The molecule has 5 heteroatoms. The molecule has 4 nitrogen and oxygen atoms in total. The molecule has 0 fully saturated rings. The number of benzene rings is 1. The van der Waals surface area contributed by atoms with Gasteiger partial charge < -0.3 is 5.32 Å². The van der Waals surface area contributed by atoms with Gasteiger partial charge in [-0.25, -0.2) is 13.1 Å². The van der Waals surface area contributed by atoms with Crippen LogP contribution in [0.5, 0.6) is 0 Å². The van der Waals surface area contributed by atoms with Crippen LogP contribution in [0.2, 0.25) is 0 Å². The van der Waals surface area contributed by atoms with Crippen molar-refractivity contribution in [2.24, 2.45) is 5.92 Å². The molecule has 1 rings (SSSR count). The van der Waals surface area contributed by atoms with Gasteiger partial charge in [-0.1, -0.05) is 39.3 Å². The molecule has 0 radical (unpaired) electrons. The van der Waals surface area contributed by atoms with Crippen LogP contribution in [0.15, 0.2) is 29.2 Å². The SMILES string of the molecule is CCNC(C)c1ccc(S(=O)(=O)NC(C)C(C)CC)cc1. The Kier molecular flexibility index (Phi) is 6.84. The maximum absolute atomic E-state index is 12.3. The van der Waals surface area contributed by atoms with E-state index in [1.54, 1.807) is 12.1 Å². The summed E-state index contributed by atoms with van der Waals surface area (Å²) in [5.74, 6) is 0.313. The number of hydrogen-bond donors (Lipinski definition) is 2. The van der Waals surface area contributed by atoms with Gasteiger partial charge in [0.1, 0.15) is 0 Å². The standard InChI is InChI=1S/C16H28N2O2S/c1-6-12(3)13(4)18-21(19,20)16-10-8-15(9-11-16)14(5)17-7-2/h8-14,17-18H,6-7H2,1-5H3. The van der Waals surface area contributed by atoms with Crippen molar-refractivity contribution in [2.75, 3.05) is 6.54 Å². The molecule has 0 saturated heterocycles. The summed E-state index contributed by atoms with van der Waals surface area (Å²) in [5, 5.41) is 3.31. The van der Waals surface area contributed by atoms with Crippen molar-refractivity contribution in [1.29, 1.82) is 0 Å². The lowest BCUT2D eigenvalue weighted by atomic mass is 10.0. The molecule has 0 spiro atoms. The van der Waals surface area contributed by atoms with Gasteiger partial charge in [0.05, 0.1) is 4.90 Å². The summed E-state index contributed by atoms with van der Waals surface area (Å²) in [6, 6.07) is 7.24. The number of nitrogens with one attached hydrogen (secondary N) is 2. The predicted octanol–water partition coefficient (Wildman–Crippen LogP) is 3.07. The van der Waals surface area contributed by atoms with Gasteiger partial charge in [0.15, 0.2) is 0 Å². The first-order chi connectivity index (χ1) is 9.81. The molecule has 0 aliphatic carbocycles. The van der Waals surface area contributed by atoms with Gasteiger partial charge in [-0.15, -0.1) is 0 Å². The van der Waals surface area contributed by atoms with Crippen LogP contribution in [0.3, 0.4) is 0 Å². The molecule has 0 aliphatic rings. The predicted molar refractivity (Wildman–Crippen MR) is 87.8 cm³/mol. The number of hydrogen-bond acceptors (Lipinski definition) is 3. The van der Waals surface area contributed by atoms with Crippen molar-refractivity contribution in [3.8, 4) is 0 Å². The number of sulfonamides is 1. The highest BCUT2D eigenvalue weighted by Gasteiger charge is 2.20. The van der Waals surface area contributed by atoms with Crippen LogP contribution in [-0.2, 0) is 10.0 Å². The molecule has 3 atom stereocenters. The van der Waals surface area contributed by atoms with Gasteiger partial charge in [0, 0.05) is 12.1 Å². The van der Waals surface area contributed by atoms with E-state index in [2.05, 4.69) is 30.8 Å². The van der Waals surface area contributed by atoms with Crippen molar-refractivity contribution in [3.63, 3.8) is 0 Å². The lowest BCUT2D eigenvalue weighted by Crippen LogP contribution is -2.36. The first kappa shape index (κ1) is 18.1. The average molecular weight is 312 g/mol. The van der Waals surface area contributed by atoms with Gasteiger partial charge in [-0.2, -0.15) is 0 Å². The summed E-state index contributed by atoms with van der Waals surface area (Å²) in [7, 11) is -3.44. The second-order valence-electron chi connectivity index (χ2n) is 5.64. The van der Waals surface area contributed by atoms with E-state index >= 15 is 0 Å². The van der Waals surface area contributed by atoms with E-state index < -0.39 is 10.0 Å². The Morgan fingerprint density at radius 3 is 2.10 bits per heavy atom. The quantitative estimate of drug-likeness (QED) is 0.775. The van der Waals surface area contributed by atoms with Gasteiger partial charge in [0.2, 0.25) is 10.0 Å². The molecule has 1 aromatic carbocycles. The van der Waals surface area contributed by atoms with Crippen molar-refractivity contribution >= 4 is 10.0 Å². The van der Waals surface area contributed by atoms with Crippen LogP contribution >= 0.6 is 0 Å². The summed E-state index contributed by atoms with van der Waals surface area (Å²) in [4.78, 5) is 0.324. The fraction of sp³-hybridized carbons (Fsp3) is 0.625. The zero-order valence-electron chi connectivity index (χ0n) is 13.7. The van der Waals surface area contributed by atoms with Gasteiger partial charge >= 0.3 is 0 Å². The van der Waals surface area contributed by atoms with E-state index in [-0.39, 0.29) is 12.1 Å². The molecule has 0 heterocycles. The van der Waals surface area contributed by atoms with Crippen LogP contribution in [0.25, 0.3) is 0 Å². The zero-order chi connectivity index (χ0) is 16.0. The topological polar surface area (TPSA) is 58.2 Å². The highest BCUT2D eigenvalue weighted by Crippen LogP contribution is 2.17. The maximum atomic E-state index is 12.3. The van der Waals surface area contributed by atoms with E-state index in [4.69, 9.17) is 0 Å². The molecule has 0 aliphatic heterocycles. The van der Waals surface area contributed by atoms with E-state index in [1.807, 2.05) is 26.0 Å². The van der Waals surface area contributed by atoms with Crippen LogP contribution in [-0.4, -0.2) is 21.0 Å². The Morgan fingerprint density at radius 2 is 1.62 bits per heavy atom. The Hall–Kier alpha value is -0.910. The summed E-state index contributed by atoms with van der Waals surface area (Å²) in [5.41, 5.74) is 1.09. The molecule has 3 unspecified atom stereocenters. The minimum atomic E-state index is -3.44. The fourth-order valence-corrected chi connectivity index (χ4v) is 3.49. The molecule has 0 aromatic heterocycles. The molecule has 1 aromatic rings. The molecule has 0 saturated carbocycles. The Balaban J connectivity index is 2.85. The zero-order valence-corrected chi connectivity index (χ0v) is 14.5. The maximum Gasteiger partial charge on any atom is 0.240 e. The molecule has 0 amide bonds. The third-order valence-electron chi connectivity index (χ3n) is 4.04. The average Bonchev–Trinajstić information content (AvgIpc) is 2.46. The number of rotatable bonds is 8. The second kappa shape index (κ2) is 7.92. The smallest absolute Gasteiger partial charge is 0.240 e. The molecule has 21 heavy (non-hydrogen) atoms. The van der Waals surface area contributed by atoms with Crippen molar-refractivity contribution < 1.29 is 8.42 Å². The molecular weight excluding hydrogens is 284 g/mol. The van der Waals surface area contributed by atoms with E-state index in [0.717, 1.165) is 18.5 Å². The third kappa shape index (κ3) is 5.09. The lowest BCUT2D eigenvalue weighted by Gasteiger charge is -2.20. The molecule has 0 bridgehead atoms. The summed E-state index contributed by atoms with van der Waals surface area (Å²) >= 11 is 0. The summed E-state index contributed by atoms with van der Waals surface area (Å²) in [6.45, 7) is 11.0. The van der Waals surface area contributed by atoms with Crippen LogP contribution in [0, 0.1) is 5.92 Å². The highest BCUT2D eigenvalue weighted by molar-refractivity contribution is 7.89. The van der Waals surface area contributed by atoms with Gasteiger partial charge in [-0.3, -0.25) is 0 Å². The summed E-state index contributed by atoms with van der Waals surface area (Å²) in [6.07, 6.45) is 0.947. The Morgan fingerprint density at radius 1 is 1.05 bits per heavy atom. The lowest BCUT2D eigenvalue weighted by molar-refractivity contribution is 0.434. The van der Waals surface area contributed by atoms with E-state index in [9.17, 15) is 8.42 Å². The minimum absolute atomic E-state index is 0.0691. The molecular formula is C16H28N2O2S. The first-order valence-electron chi connectivity index (χ1n) is 7.67. The van der Waals surface area contributed by atoms with Crippen molar-refractivity contribution in [2.45, 2.75) is 58.0 Å². The van der Waals surface area contributed by atoms with Crippen LogP contribution < -0.4 is 10.0 Å². The largest absolute Gasteiger partial charge is 0.310 e. The normalized spacial score (nSPS) is 16.4. The first-order valence-corrected chi connectivity index (χ1v) is 9.15. The fourth-order valence-electron chi connectivity index (χ4n) is 2.14. The van der Waals surface area contributed by atoms with Crippen molar-refractivity contribution in [1.82, 2.24) is 10.0 Å². The van der Waals surface area contributed by atoms with Gasteiger partial charge in [0.25, 0.3) is 0 Å². The van der Waals surface area contributed by atoms with Gasteiger partial charge in [-0.05, 0) is 44.0 Å². The van der Waals surface area contributed by atoms with E-state index in [0.29, 0.717) is 10.8 Å². The Bertz CT molecular complexity index is 526. The molecule has 2 N–H and O–H groups in total. The highest BCUT2D eigenvalue weighted by atomic mass is 32.2. The van der Waals surface area contributed by atoms with Crippen molar-refractivity contribution in [3.05, 3.63) is 29.8 Å². The second-order valence-corrected chi connectivity index (χ2v) is 7.36. The summed E-state index contributed by atoms with van der Waals surface area (Å²) < 4.78 is 27.4.